The Kier molecular flexibility index (Phi) is 4.90. The van der Waals surface area contributed by atoms with Crippen molar-refractivity contribution in [2.24, 2.45) is 0 Å². The molecule has 1 aromatic carbocycles. The van der Waals surface area contributed by atoms with Crippen LogP contribution in [0, 0.1) is 5.82 Å². The zero-order valence-electron chi connectivity index (χ0n) is 9.65. The van der Waals surface area contributed by atoms with E-state index < -0.39 is 5.82 Å². The maximum atomic E-state index is 13.4. The molecule has 0 radical (unpaired) electrons. The van der Waals surface area contributed by atoms with Gasteiger partial charge in [0.15, 0.2) is 0 Å². The Balaban J connectivity index is 0.00000144. The normalized spacial score (nSPS) is 18.6. The second kappa shape index (κ2) is 5.98. The number of carbonyl (C=O) groups excluding carboxylic acids is 1. The van der Waals surface area contributed by atoms with E-state index in [4.69, 9.17) is 0 Å². The van der Waals surface area contributed by atoms with Crippen LogP contribution in [0.15, 0.2) is 24.3 Å². The van der Waals surface area contributed by atoms with Crippen LogP contribution in [0.4, 0.5) is 4.39 Å². The minimum atomic E-state index is -0.453. The predicted octanol–water partition coefficient (Wildman–Crippen LogP) is 1.68. The molecule has 1 aliphatic heterocycles. The van der Waals surface area contributed by atoms with E-state index in [9.17, 15) is 9.18 Å². The molecule has 1 aromatic rings. The summed E-state index contributed by atoms with van der Waals surface area (Å²) in [5, 5.41) is 3.19. The minimum absolute atomic E-state index is 0. The topological polar surface area (TPSA) is 32.3 Å². The molecule has 0 saturated carbocycles. The summed E-state index contributed by atoms with van der Waals surface area (Å²) in [5.74, 6) is -0.697. The van der Waals surface area contributed by atoms with Crippen molar-refractivity contribution in [3.05, 3.63) is 35.6 Å². The number of rotatable bonds is 2. The highest BCUT2D eigenvalue weighted by atomic mass is 35.5. The first-order valence-electron chi connectivity index (χ1n) is 5.42. The van der Waals surface area contributed by atoms with Crippen LogP contribution in [0.2, 0.25) is 0 Å². The third-order valence-electron chi connectivity index (χ3n) is 3.01. The predicted molar refractivity (Wildman–Crippen MR) is 67.0 cm³/mol. The van der Waals surface area contributed by atoms with E-state index in [0.717, 1.165) is 19.5 Å². The molecule has 0 aliphatic carbocycles. The first-order chi connectivity index (χ1) is 7.70. The van der Waals surface area contributed by atoms with Crippen LogP contribution in [0.1, 0.15) is 16.8 Å². The summed E-state index contributed by atoms with van der Waals surface area (Å²) in [6.07, 6.45) is 0.927. The number of hydrogen-bond donors (Lipinski definition) is 1. The molecule has 17 heavy (non-hydrogen) atoms. The molecule has 1 aliphatic rings. The van der Waals surface area contributed by atoms with E-state index in [0.29, 0.717) is 0 Å². The van der Waals surface area contributed by atoms with Gasteiger partial charge in [-0.3, -0.25) is 4.79 Å². The van der Waals surface area contributed by atoms with Gasteiger partial charge >= 0.3 is 0 Å². The maximum Gasteiger partial charge on any atom is 0.256 e. The Bertz CT molecular complexity index is 394. The molecule has 5 heteroatoms. The Morgan fingerprint density at radius 1 is 1.47 bits per heavy atom. The molecule has 1 saturated heterocycles. The fourth-order valence-corrected chi connectivity index (χ4v) is 1.96. The van der Waals surface area contributed by atoms with Crippen molar-refractivity contribution in [1.82, 2.24) is 10.2 Å². The lowest BCUT2D eigenvalue weighted by Crippen LogP contribution is -2.38. The highest BCUT2D eigenvalue weighted by molar-refractivity contribution is 5.94. The van der Waals surface area contributed by atoms with E-state index >= 15 is 0 Å². The monoisotopic (exact) mass is 258 g/mol. The van der Waals surface area contributed by atoms with Crippen molar-refractivity contribution in [1.29, 1.82) is 0 Å². The van der Waals surface area contributed by atoms with E-state index in [1.165, 1.54) is 12.1 Å². The van der Waals surface area contributed by atoms with Gasteiger partial charge in [-0.05, 0) is 25.1 Å². The largest absolute Gasteiger partial charge is 0.337 e. The van der Waals surface area contributed by atoms with Gasteiger partial charge in [-0.15, -0.1) is 12.4 Å². The first kappa shape index (κ1) is 13.9. The zero-order chi connectivity index (χ0) is 11.5. The maximum absolute atomic E-state index is 13.4. The van der Waals surface area contributed by atoms with Crippen LogP contribution in [0.5, 0.6) is 0 Å². The second-order valence-electron chi connectivity index (χ2n) is 4.04. The average molecular weight is 259 g/mol. The number of hydrogen-bond acceptors (Lipinski definition) is 2. The Labute approximate surface area is 106 Å². The lowest BCUT2D eigenvalue weighted by atomic mass is 10.1. The Hall–Kier alpha value is -1.13. The number of benzene rings is 1. The molecule has 94 valence electrons. The van der Waals surface area contributed by atoms with Gasteiger partial charge in [0.25, 0.3) is 5.91 Å². The van der Waals surface area contributed by atoms with Crippen molar-refractivity contribution in [2.45, 2.75) is 12.5 Å². The molecule has 2 rings (SSSR count). The fourth-order valence-electron chi connectivity index (χ4n) is 1.96. The van der Waals surface area contributed by atoms with Crippen LogP contribution in [-0.2, 0) is 0 Å². The van der Waals surface area contributed by atoms with Crippen molar-refractivity contribution in [3.63, 3.8) is 0 Å². The molecule has 0 spiro atoms. The molecule has 0 bridgehead atoms. The Morgan fingerprint density at radius 2 is 2.18 bits per heavy atom. The molecule has 1 atom stereocenters. The lowest BCUT2D eigenvalue weighted by molar-refractivity contribution is 0.0739. The minimum Gasteiger partial charge on any atom is -0.337 e. The number of amides is 1. The SMILES string of the molecule is CN(C(=O)c1ccccc1F)C1CCNC1.Cl. The van der Waals surface area contributed by atoms with Crippen molar-refractivity contribution in [3.8, 4) is 0 Å². The molecule has 1 N–H and O–H groups in total. The number of nitrogens with zero attached hydrogens (tertiary/aromatic N) is 1. The molecule has 1 fully saturated rings. The van der Waals surface area contributed by atoms with E-state index in [1.807, 2.05) is 0 Å². The van der Waals surface area contributed by atoms with Crippen LogP contribution in [0.25, 0.3) is 0 Å². The van der Waals surface area contributed by atoms with E-state index in [-0.39, 0.29) is 29.9 Å². The van der Waals surface area contributed by atoms with Gasteiger partial charge < -0.3 is 10.2 Å². The number of carbonyl (C=O) groups is 1. The van der Waals surface area contributed by atoms with Gasteiger partial charge in [0.05, 0.1) is 5.56 Å². The summed E-state index contributed by atoms with van der Waals surface area (Å²) in [7, 11) is 1.73. The summed E-state index contributed by atoms with van der Waals surface area (Å²) >= 11 is 0. The quantitative estimate of drug-likeness (QED) is 0.876. The van der Waals surface area contributed by atoms with Crippen LogP contribution in [0.3, 0.4) is 0 Å². The van der Waals surface area contributed by atoms with Gasteiger partial charge in [0.2, 0.25) is 0 Å². The lowest BCUT2D eigenvalue weighted by Gasteiger charge is -2.23. The number of likely N-dealkylation sites (N-methyl/N-ethyl adjacent to an activating group) is 1. The summed E-state index contributed by atoms with van der Waals surface area (Å²) in [6.45, 7) is 1.70. The average Bonchev–Trinajstić information content (AvgIpc) is 2.81. The standard InChI is InChI=1S/C12H15FN2O.ClH/c1-15(9-6-7-14-8-9)12(16)10-4-2-3-5-11(10)13;/h2-5,9,14H,6-8H2,1H3;1H. The highest BCUT2D eigenvalue weighted by Gasteiger charge is 2.25. The van der Waals surface area contributed by atoms with Crippen molar-refractivity contribution >= 4 is 18.3 Å². The summed E-state index contributed by atoms with van der Waals surface area (Å²) in [6, 6.07) is 6.28. The summed E-state index contributed by atoms with van der Waals surface area (Å²) < 4.78 is 13.4. The highest BCUT2D eigenvalue weighted by Crippen LogP contribution is 2.13. The number of halogens is 2. The summed E-state index contributed by atoms with van der Waals surface area (Å²) in [4.78, 5) is 13.6. The van der Waals surface area contributed by atoms with Gasteiger partial charge in [0.1, 0.15) is 5.82 Å². The Morgan fingerprint density at radius 3 is 2.76 bits per heavy atom. The molecule has 1 heterocycles. The molecule has 1 amide bonds. The second-order valence-corrected chi connectivity index (χ2v) is 4.04. The molecular formula is C12H16ClFN2O. The van der Waals surface area contributed by atoms with Crippen molar-refractivity contribution in [2.75, 3.05) is 20.1 Å². The molecule has 3 nitrogen and oxygen atoms in total. The zero-order valence-corrected chi connectivity index (χ0v) is 10.5. The molecule has 1 unspecified atom stereocenters. The fraction of sp³-hybridized carbons (Fsp3) is 0.417. The van der Waals surface area contributed by atoms with E-state index in [1.54, 1.807) is 24.1 Å². The van der Waals surface area contributed by atoms with E-state index in [2.05, 4.69) is 5.32 Å². The van der Waals surface area contributed by atoms with Gasteiger partial charge in [-0.25, -0.2) is 4.39 Å². The van der Waals surface area contributed by atoms with Crippen molar-refractivity contribution < 1.29 is 9.18 Å². The van der Waals surface area contributed by atoms with Gasteiger partial charge in [-0.1, -0.05) is 12.1 Å². The smallest absolute Gasteiger partial charge is 0.256 e. The molecular weight excluding hydrogens is 243 g/mol. The van der Waals surface area contributed by atoms with Gasteiger partial charge in [-0.2, -0.15) is 0 Å². The van der Waals surface area contributed by atoms with Crippen LogP contribution < -0.4 is 5.32 Å². The van der Waals surface area contributed by atoms with Crippen LogP contribution >= 0.6 is 12.4 Å². The third-order valence-corrected chi connectivity index (χ3v) is 3.01. The third kappa shape index (κ3) is 2.96. The first-order valence-corrected chi connectivity index (χ1v) is 5.42. The number of nitrogens with one attached hydrogen (secondary N) is 1. The molecule has 0 aromatic heterocycles. The van der Waals surface area contributed by atoms with Crippen LogP contribution in [-0.4, -0.2) is 37.0 Å². The van der Waals surface area contributed by atoms with Gasteiger partial charge in [0, 0.05) is 19.6 Å². The summed E-state index contributed by atoms with van der Waals surface area (Å²) in [5.41, 5.74) is 0.150.